The van der Waals surface area contributed by atoms with E-state index in [0.717, 1.165) is 22.1 Å². The molecule has 202 valence electrons. The Balaban J connectivity index is 1.87. The van der Waals surface area contributed by atoms with E-state index in [0.29, 0.717) is 15.6 Å². The van der Waals surface area contributed by atoms with E-state index in [1.807, 2.05) is 36.4 Å². The summed E-state index contributed by atoms with van der Waals surface area (Å²) in [6, 6.07) is 22.9. The number of benzene rings is 3. The minimum absolute atomic E-state index is 0.0460. The molecule has 0 aliphatic heterocycles. The van der Waals surface area contributed by atoms with Gasteiger partial charge in [0.25, 0.3) is 14.0 Å². The maximum Gasteiger partial charge on any atom is 0.339 e. The van der Waals surface area contributed by atoms with Gasteiger partial charge in [-0.25, -0.2) is 9.48 Å². The molecule has 0 atom stereocenters. The van der Waals surface area contributed by atoms with E-state index in [2.05, 4.69) is 60.6 Å². The number of hydrogen-bond acceptors (Lipinski definition) is 9. The standard InChI is InChI=1S/C27H29N5O5SSi/c1-27(2,3)39(20-12-8-6-9-13-20,21-14-10-7-11-15-21)37-18-19-16-24(38-26-28-29-30-31(26)4)22(25(33)36-5)17-23(19)32(34)35/h6-17H,18H2,1-5H3. The molecule has 0 aliphatic rings. The monoisotopic (exact) mass is 563 g/mol. The van der Waals surface area contributed by atoms with Crippen molar-refractivity contribution in [1.29, 1.82) is 0 Å². The third-order valence-corrected chi connectivity index (χ3v) is 12.5. The zero-order valence-electron chi connectivity index (χ0n) is 22.3. The van der Waals surface area contributed by atoms with Crippen LogP contribution < -0.4 is 10.4 Å². The van der Waals surface area contributed by atoms with Gasteiger partial charge in [0.1, 0.15) is 0 Å². The van der Waals surface area contributed by atoms with Crippen LogP contribution >= 0.6 is 11.8 Å². The van der Waals surface area contributed by atoms with Gasteiger partial charge >= 0.3 is 5.97 Å². The van der Waals surface area contributed by atoms with Crippen LogP contribution in [0.25, 0.3) is 0 Å². The lowest BCUT2D eigenvalue weighted by atomic mass is 10.1. The van der Waals surface area contributed by atoms with Gasteiger partial charge in [-0.2, -0.15) is 0 Å². The van der Waals surface area contributed by atoms with Crippen molar-refractivity contribution in [3.63, 3.8) is 0 Å². The highest BCUT2D eigenvalue weighted by Gasteiger charge is 2.50. The van der Waals surface area contributed by atoms with E-state index in [-0.39, 0.29) is 22.9 Å². The lowest BCUT2D eigenvalue weighted by Gasteiger charge is -2.43. The fourth-order valence-electron chi connectivity index (χ4n) is 4.60. The molecule has 1 heterocycles. The van der Waals surface area contributed by atoms with E-state index in [1.165, 1.54) is 17.9 Å². The number of esters is 1. The average molecular weight is 564 g/mol. The average Bonchev–Trinajstić information content (AvgIpc) is 3.33. The van der Waals surface area contributed by atoms with Gasteiger partial charge in [-0.3, -0.25) is 10.1 Å². The maximum absolute atomic E-state index is 12.6. The molecule has 10 nitrogen and oxygen atoms in total. The van der Waals surface area contributed by atoms with Gasteiger partial charge in [-0.15, -0.1) is 5.10 Å². The number of nitro groups is 1. The topological polar surface area (TPSA) is 122 Å². The van der Waals surface area contributed by atoms with Crippen molar-refractivity contribution in [1.82, 2.24) is 20.2 Å². The molecule has 0 fully saturated rings. The molecule has 0 saturated heterocycles. The number of tetrazole rings is 1. The van der Waals surface area contributed by atoms with Crippen molar-refractivity contribution in [2.45, 2.75) is 42.5 Å². The van der Waals surface area contributed by atoms with Crippen molar-refractivity contribution in [2.24, 2.45) is 7.05 Å². The quantitative estimate of drug-likeness (QED) is 0.128. The number of nitro benzene ring substituents is 1. The molecule has 4 aromatic rings. The predicted octanol–water partition coefficient (Wildman–Crippen LogP) is 4.13. The Hall–Kier alpha value is -3.87. The minimum Gasteiger partial charge on any atom is -0.465 e. The van der Waals surface area contributed by atoms with E-state index >= 15 is 0 Å². The minimum atomic E-state index is -2.98. The summed E-state index contributed by atoms with van der Waals surface area (Å²) in [4.78, 5) is 24.7. The molecule has 0 bridgehead atoms. The summed E-state index contributed by atoms with van der Waals surface area (Å²) in [5.41, 5.74) is 0.151. The highest BCUT2D eigenvalue weighted by atomic mass is 32.2. The zero-order chi connectivity index (χ0) is 28.2. The van der Waals surface area contributed by atoms with E-state index < -0.39 is 19.2 Å². The van der Waals surface area contributed by atoms with E-state index in [9.17, 15) is 14.9 Å². The van der Waals surface area contributed by atoms with Crippen molar-refractivity contribution in [2.75, 3.05) is 7.11 Å². The molecule has 0 saturated carbocycles. The second kappa shape index (κ2) is 11.5. The van der Waals surface area contributed by atoms with Crippen LogP contribution in [-0.4, -0.2) is 46.5 Å². The summed E-state index contributed by atoms with van der Waals surface area (Å²) in [6.07, 6.45) is 0. The molecule has 12 heteroatoms. The third-order valence-electron chi connectivity index (χ3n) is 6.43. The first-order chi connectivity index (χ1) is 18.6. The summed E-state index contributed by atoms with van der Waals surface area (Å²) in [6.45, 7) is 6.36. The first kappa shape index (κ1) is 28.1. The summed E-state index contributed by atoms with van der Waals surface area (Å²) in [5, 5.41) is 25.8. The maximum atomic E-state index is 12.6. The predicted molar refractivity (Wildman–Crippen MR) is 150 cm³/mol. The van der Waals surface area contributed by atoms with Crippen molar-refractivity contribution in [3.8, 4) is 0 Å². The number of carbonyl (C=O) groups excluding carboxylic acids is 1. The number of nitrogens with zero attached hydrogens (tertiary/aromatic N) is 5. The van der Waals surface area contributed by atoms with Gasteiger partial charge in [0.05, 0.1) is 29.8 Å². The first-order valence-corrected chi connectivity index (χ1v) is 14.9. The molecule has 0 amide bonds. The molecule has 1 aromatic heterocycles. The van der Waals surface area contributed by atoms with Gasteiger partial charge in [0.2, 0.25) is 5.16 Å². The molecule has 39 heavy (non-hydrogen) atoms. The highest BCUT2D eigenvalue weighted by Crippen LogP contribution is 2.39. The first-order valence-electron chi connectivity index (χ1n) is 12.1. The Kier molecular flexibility index (Phi) is 8.28. The largest absolute Gasteiger partial charge is 0.465 e. The Labute approximate surface area is 231 Å². The van der Waals surface area contributed by atoms with E-state index in [1.54, 1.807) is 13.1 Å². The van der Waals surface area contributed by atoms with Crippen molar-refractivity contribution in [3.05, 3.63) is 94.0 Å². The van der Waals surface area contributed by atoms with Crippen LogP contribution in [0.4, 0.5) is 5.69 Å². The molecule has 4 rings (SSSR count). The molecule has 3 aromatic carbocycles. The van der Waals surface area contributed by atoms with Crippen LogP contribution in [0.5, 0.6) is 0 Å². The number of carbonyl (C=O) groups is 1. The molecule has 0 unspecified atom stereocenters. The van der Waals surface area contributed by atoms with Gasteiger partial charge in [0.15, 0.2) is 0 Å². The Morgan fingerprint density at radius 3 is 2.10 bits per heavy atom. The molecular formula is C27H29N5O5SSi. The van der Waals surface area contributed by atoms with Crippen LogP contribution in [0.3, 0.4) is 0 Å². The number of ether oxygens (including phenoxy) is 1. The molecular weight excluding hydrogens is 534 g/mol. The highest BCUT2D eigenvalue weighted by molar-refractivity contribution is 7.99. The Morgan fingerprint density at radius 1 is 1.05 bits per heavy atom. The fraction of sp³-hybridized carbons (Fsp3) is 0.259. The summed E-state index contributed by atoms with van der Waals surface area (Å²) in [7, 11) is -0.0853. The second-order valence-corrected chi connectivity index (χ2v) is 15.2. The van der Waals surface area contributed by atoms with E-state index in [4.69, 9.17) is 9.16 Å². The molecule has 0 radical (unpaired) electrons. The summed E-state index contributed by atoms with van der Waals surface area (Å²) in [5.74, 6) is -0.699. The zero-order valence-corrected chi connectivity index (χ0v) is 24.1. The van der Waals surface area contributed by atoms with Crippen LogP contribution in [0, 0.1) is 10.1 Å². The van der Waals surface area contributed by atoms with Crippen molar-refractivity contribution >= 4 is 42.1 Å². The van der Waals surface area contributed by atoms with Gasteiger partial charge in [-0.1, -0.05) is 81.4 Å². The smallest absolute Gasteiger partial charge is 0.339 e. The van der Waals surface area contributed by atoms with Crippen molar-refractivity contribution < 1.29 is 18.9 Å². The lowest BCUT2D eigenvalue weighted by molar-refractivity contribution is -0.385. The van der Waals surface area contributed by atoms with Gasteiger partial charge in [0, 0.05) is 18.0 Å². The molecule has 0 spiro atoms. The number of rotatable bonds is 9. The van der Waals surface area contributed by atoms with Crippen LogP contribution in [0.15, 0.2) is 82.8 Å². The summed E-state index contributed by atoms with van der Waals surface area (Å²) < 4.78 is 13.3. The van der Waals surface area contributed by atoms with Gasteiger partial charge < -0.3 is 9.16 Å². The SMILES string of the molecule is COC(=O)c1cc([N+](=O)[O-])c(CO[Si](c2ccccc2)(c2ccccc2)C(C)(C)C)cc1Sc1nnnn1C. The lowest BCUT2D eigenvalue weighted by Crippen LogP contribution is -2.66. The summed E-state index contributed by atoms with van der Waals surface area (Å²) >= 11 is 1.12. The van der Waals surface area contributed by atoms with Crippen LogP contribution in [0.1, 0.15) is 36.7 Å². The van der Waals surface area contributed by atoms with Crippen LogP contribution in [0.2, 0.25) is 5.04 Å². The number of aryl methyl sites for hydroxylation is 1. The Morgan fingerprint density at radius 2 is 1.64 bits per heavy atom. The third kappa shape index (κ3) is 5.63. The second-order valence-electron chi connectivity index (χ2n) is 9.86. The fourth-order valence-corrected chi connectivity index (χ4v) is 10.0. The molecule has 0 N–H and O–H groups in total. The number of hydrogen-bond donors (Lipinski definition) is 0. The molecule has 0 aliphatic carbocycles. The Bertz CT molecular complexity index is 1440. The number of aromatic nitrogens is 4. The normalized spacial score (nSPS) is 11.8. The number of methoxy groups -OCH3 is 1. The van der Waals surface area contributed by atoms with Crippen LogP contribution in [-0.2, 0) is 22.8 Å². The van der Waals surface area contributed by atoms with Gasteiger partial charge in [-0.05, 0) is 43.7 Å².